The molecule has 0 aliphatic carbocycles. The molecule has 1 aliphatic rings. The van der Waals surface area contributed by atoms with Crippen LogP contribution >= 0.6 is 0 Å². The Bertz CT molecular complexity index is 151. The fourth-order valence-electron chi connectivity index (χ4n) is 1.96. The molecule has 2 unspecified atom stereocenters. The normalized spacial score (nSPS) is 32.9. The molecule has 1 heteroatoms. The first kappa shape index (κ1) is 9.79. The zero-order valence-corrected chi connectivity index (χ0v) is 8.59. The molecule has 0 spiro atoms. The maximum atomic E-state index is 2.41. The Kier molecular flexibility index (Phi) is 3.80. The van der Waals surface area contributed by atoms with Crippen molar-refractivity contribution in [2.24, 2.45) is 11.8 Å². The summed E-state index contributed by atoms with van der Waals surface area (Å²) in [6.45, 7) is 7.02. The zero-order valence-electron chi connectivity index (χ0n) is 8.59. The van der Waals surface area contributed by atoms with Gasteiger partial charge in [0.15, 0.2) is 0 Å². The molecule has 70 valence electrons. The Balaban J connectivity index is 2.51. The SMILES string of the molecule is CCC1CC(C)C=CCN(C)C1. The van der Waals surface area contributed by atoms with Crippen LogP contribution in [0, 0.1) is 11.8 Å². The fourth-order valence-corrected chi connectivity index (χ4v) is 1.96. The lowest BCUT2D eigenvalue weighted by Crippen LogP contribution is -2.28. The Morgan fingerprint density at radius 3 is 2.92 bits per heavy atom. The highest BCUT2D eigenvalue weighted by atomic mass is 15.1. The van der Waals surface area contributed by atoms with Crippen molar-refractivity contribution in [2.75, 3.05) is 20.1 Å². The van der Waals surface area contributed by atoms with Crippen molar-refractivity contribution in [3.8, 4) is 0 Å². The van der Waals surface area contributed by atoms with Crippen LogP contribution in [0.1, 0.15) is 26.7 Å². The van der Waals surface area contributed by atoms with E-state index < -0.39 is 0 Å². The first-order valence-corrected chi connectivity index (χ1v) is 5.07. The van der Waals surface area contributed by atoms with Crippen LogP contribution in [0.2, 0.25) is 0 Å². The topological polar surface area (TPSA) is 3.24 Å². The highest BCUT2D eigenvalue weighted by Crippen LogP contribution is 2.19. The van der Waals surface area contributed by atoms with Crippen LogP contribution in [0.5, 0.6) is 0 Å². The number of nitrogens with zero attached hydrogens (tertiary/aromatic N) is 1. The van der Waals surface area contributed by atoms with Gasteiger partial charge in [0.25, 0.3) is 0 Å². The van der Waals surface area contributed by atoms with E-state index in [9.17, 15) is 0 Å². The van der Waals surface area contributed by atoms with Crippen molar-refractivity contribution in [1.29, 1.82) is 0 Å². The van der Waals surface area contributed by atoms with Gasteiger partial charge < -0.3 is 4.90 Å². The highest BCUT2D eigenvalue weighted by Gasteiger charge is 2.13. The van der Waals surface area contributed by atoms with Gasteiger partial charge in [0.2, 0.25) is 0 Å². The zero-order chi connectivity index (χ0) is 8.97. The van der Waals surface area contributed by atoms with E-state index in [-0.39, 0.29) is 0 Å². The average molecular weight is 167 g/mol. The maximum Gasteiger partial charge on any atom is 0.0160 e. The van der Waals surface area contributed by atoms with Gasteiger partial charge in [-0.2, -0.15) is 0 Å². The van der Waals surface area contributed by atoms with Gasteiger partial charge >= 0.3 is 0 Å². The molecule has 0 aromatic carbocycles. The molecule has 1 nitrogen and oxygen atoms in total. The third-order valence-corrected chi connectivity index (χ3v) is 2.73. The van der Waals surface area contributed by atoms with Crippen molar-refractivity contribution in [3.05, 3.63) is 12.2 Å². The lowest BCUT2D eigenvalue weighted by atomic mass is 9.92. The summed E-state index contributed by atoms with van der Waals surface area (Å²) in [6, 6.07) is 0. The number of rotatable bonds is 1. The van der Waals surface area contributed by atoms with Gasteiger partial charge in [-0.1, -0.05) is 32.4 Å². The van der Waals surface area contributed by atoms with E-state index in [1.807, 2.05) is 0 Å². The monoisotopic (exact) mass is 167 g/mol. The summed E-state index contributed by atoms with van der Waals surface area (Å²) in [7, 11) is 2.21. The van der Waals surface area contributed by atoms with Gasteiger partial charge in [-0.25, -0.2) is 0 Å². The minimum absolute atomic E-state index is 0.781. The van der Waals surface area contributed by atoms with Crippen molar-refractivity contribution in [1.82, 2.24) is 4.90 Å². The first-order chi connectivity index (χ1) is 5.72. The number of likely N-dealkylation sites (N-methyl/N-ethyl adjacent to an activating group) is 1. The highest BCUT2D eigenvalue weighted by molar-refractivity contribution is 4.91. The van der Waals surface area contributed by atoms with E-state index in [4.69, 9.17) is 0 Å². The third-order valence-electron chi connectivity index (χ3n) is 2.73. The Morgan fingerprint density at radius 1 is 1.50 bits per heavy atom. The molecule has 1 heterocycles. The molecular weight excluding hydrogens is 146 g/mol. The third kappa shape index (κ3) is 2.98. The minimum atomic E-state index is 0.781. The van der Waals surface area contributed by atoms with E-state index >= 15 is 0 Å². The van der Waals surface area contributed by atoms with Crippen molar-refractivity contribution in [2.45, 2.75) is 26.7 Å². The molecule has 0 bridgehead atoms. The number of allylic oxidation sites excluding steroid dienone is 1. The largest absolute Gasteiger partial charge is 0.302 e. The Morgan fingerprint density at radius 2 is 2.25 bits per heavy atom. The van der Waals surface area contributed by atoms with Gasteiger partial charge in [-0.3, -0.25) is 0 Å². The molecular formula is C11H21N. The van der Waals surface area contributed by atoms with Crippen LogP contribution in [-0.2, 0) is 0 Å². The molecule has 0 saturated heterocycles. The lowest BCUT2D eigenvalue weighted by Gasteiger charge is -2.26. The average Bonchev–Trinajstić information content (AvgIpc) is 2.00. The Hall–Kier alpha value is -0.300. The standard InChI is InChI=1S/C11H21N/c1-4-11-8-10(2)6-5-7-12(3)9-11/h5-6,10-11H,4,7-9H2,1-3H3. The molecule has 0 amide bonds. The molecule has 0 aromatic heterocycles. The summed E-state index contributed by atoms with van der Waals surface area (Å²) in [5.41, 5.74) is 0. The summed E-state index contributed by atoms with van der Waals surface area (Å²) < 4.78 is 0. The van der Waals surface area contributed by atoms with Crippen molar-refractivity contribution >= 4 is 0 Å². The van der Waals surface area contributed by atoms with Crippen LogP contribution in [-0.4, -0.2) is 25.0 Å². The second-order valence-corrected chi connectivity index (χ2v) is 4.14. The van der Waals surface area contributed by atoms with Crippen LogP contribution in [0.15, 0.2) is 12.2 Å². The van der Waals surface area contributed by atoms with Gasteiger partial charge in [-0.05, 0) is 25.3 Å². The van der Waals surface area contributed by atoms with Crippen molar-refractivity contribution < 1.29 is 0 Å². The molecule has 0 aromatic rings. The molecule has 2 atom stereocenters. The molecule has 12 heavy (non-hydrogen) atoms. The maximum absolute atomic E-state index is 2.41. The molecule has 0 fully saturated rings. The molecule has 1 aliphatic heterocycles. The first-order valence-electron chi connectivity index (χ1n) is 5.07. The predicted octanol–water partition coefficient (Wildman–Crippen LogP) is 2.54. The fraction of sp³-hybridized carbons (Fsp3) is 0.818. The minimum Gasteiger partial charge on any atom is -0.302 e. The van der Waals surface area contributed by atoms with E-state index in [1.165, 1.54) is 19.4 Å². The van der Waals surface area contributed by atoms with Gasteiger partial charge in [0.1, 0.15) is 0 Å². The predicted molar refractivity (Wildman–Crippen MR) is 54.2 cm³/mol. The van der Waals surface area contributed by atoms with Crippen LogP contribution in [0.4, 0.5) is 0 Å². The summed E-state index contributed by atoms with van der Waals surface area (Å²) in [6.07, 6.45) is 7.34. The van der Waals surface area contributed by atoms with Crippen LogP contribution in [0.3, 0.4) is 0 Å². The van der Waals surface area contributed by atoms with Crippen molar-refractivity contribution in [3.63, 3.8) is 0 Å². The summed E-state index contributed by atoms with van der Waals surface area (Å²) in [4.78, 5) is 2.41. The second-order valence-electron chi connectivity index (χ2n) is 4.14. The van der Waals surface area contributed by atoms with E-state index in [1.54, 1.807) is 0 Å². The van der Waals surface area contributed by atoms with Crippen LogP contribution in [0.25, 0.3) is 0 Å². The molecule has 0 N–H and O–H groups in total. The lowest BCUT2D eigenvalue weighted by molar-refractivity contribution is 0.263. The smallest absolute Gasteiger partial charge is 0.0160 e. The van der Waals surface area contributed by atoms with Gasteiger partial charge in [-0.15, -0.1) is 0 Å². The van der Waals surface area contributed by atoms with Gasteiger partial charge in [0.05, 0.1) is 0 Å². The van der Waals surface area contributed by atoms with Crippen LogP contribution < -0.4 is 0 Å². The second kappa shape index (κ2) is 4.66. The molecule has 0 radical (unpaired) electrons. The Labute approximate surface area is 76.5 Å². The molecule has 0 saturated carbocycles. The quantitative estimate of drug-likeness (QED) is 0.542. The summed E-state index contributed by atoms with van der Waals surface area (Å²) >= 11 is 0. The number of hydrogen-bond acceptors (Lipinski definition) is 1. The molecule has 1 rings (SSSR count). The van der Waals surface area contributed by atoms with E-state index in [0.29, 0.717) is 0 Å². The summed E-state index contributed by atoms with van der Waals surface area (Å²) in [5, 5.41) is 0. The van der Waals surface area contributed by atoms with E-state index in [2.05, 4.69) is 37.9 Å². The number of hydrogen-bond donors (Lipinski definition) is 0. The summed E-state index contributed by atoms with van der Waals surface area (Å²) in [5.74, 6) is 1.68. The van der Waals surface area contributed by atoms with E-state index in [0.717, 1.165) is 18.4 Å². The van der Waals surface area contributed by atoms with Gasteiger partial charge in [0, 0.05) is 13.1 Å².